The van der Waals surface area contributed by atoms with Crippen LogP contribution in [-0.2, 0) is 24.5 Å². The SMILES string of the molecule is C=CCn1c(COc2cccc(C)c2)nnc1SC(C)C(=O)N1CCN(Cc2ccccc2)CC1. The summed E-state index contributed by atoms with van der Waals surface area (Å²) in [5, 5.41) is 9.14. The van der Waals surface area contributed by atoms with Crippen LogP contribution in [0.1, 0.15) is 23.9 Å². The molecular weight excluding hydrogens is 458 g/mol. The van der Waals surface area contributed by atoms with Gasteiger partial charge in [0.15, 0.2) is 11.0 Å². The maximum atomic E-state index is 13.2. The van der Waals surface area contributed by atoms with Crippen molar-refractivity contribution in [1.29, 1.82) is 0 Å². The molecule has 0 aliphatic carbocycles. The number of thioether (sulfide) groups is 1. The van der Waals surface area contributed by atoms with Gasteiger partial charge in [0.2, 0.25) is 5.91 Å². The third-order valence-corrected chi connectivity index (χ3v) is 7.09. The summed E-state index contributed by atoms with van der Waals surface area (Å²) >= 11 is 1.44. The molecule has 7 nitrogen and oxygen atoms in total. The highest BCUT2D eigenvalue weighted by Gasteiger charge is 2.27. The minimum absolute atomic E-state index is 0.139. The van der Waals surface area contributed by atoms with Gasteiger partial charge < -0.3 is 9.64 Å². The zero-order chi connectivity index (χ0) is 24.6. The van der Waals surface area contributed by atoms with Crippen LogP contribution in [0.3, 0.4) is 0 Å². The molecule has 1 saturated heterocycles. The standard InChI is InChI=1S/C27H33N5O2S/c1-4-13-32-25(20-34-24-12-8-9-21(2)18-24)28-29-27(32)35-22(3)26(33)31-16-14-30(15-17-31)19-23-10-6-5-7-11-23/h4-12,18,22H,1,13-17,19-20H2,2-3H3. The van der Waals surface area contributed by atoms with Crippen molar-refractivity contribution in [2.75, 3.05) is 26.2 Å². The number of amides is 1. The van der Waals surface area contributed by atoms with Crippen LogP contribution in [-0.4, -0.2) is 61.9 Å². The smallest absolute Gasteiger partial charge is 0.235 e. The Morgan fingerprint density at radius 3 is 2.60 bits per heavy atom. The number of benzene rings is 2. The number of piperazine rings is 1. The second kappa shape index (κ2) is 12.0. The highest BCUT2D eigenvalue weighted by atomic mass is 32.2. The quantitative estimate of drug-likeness (QED) is 0.313. The zero-order valence-electron chi connectivity index (χ0n) is 20.5. The molecule has 1 aliphatic rings. The van der Waals surface area contributed by atoms with Gasteiger partial charge in [-0.2, -0.15) is 0 Å². The van der Waals surface area contributed by atoms with Gasteiger partial charge in [0.1, 0.15) is 12.4 Å². The highest BCUT2D eigenvalue weighted by Crippen LogP contribution is 2.25. The van der Waals surface area contributed by atoms with Gasteiger partial charge in [0, 0.05) is 39.3 Å². The average molecular weight is 492 g/mol. The normalized spacial score (nSPS) is 15.1. The predicted molar refractivity (Wildman–Crippen MR) is 139 cm³/mol. The van der Waals surface area contributed by atoms with Gasteiger partial charge in [0.05, 0.1) is 5.25 Å². The van der Waals surface area contributed by atoms with E-state index in [1.807, 2.05) is 59.7 Å². The Bertz CT molecular complexity index is 1130. The summed E-state index contributed by atoms with van der Waals surface area (Å²) in [6.07, 6.45) is 1.81. The third kappa shape index (κ3) is 6.74. The lowest BCUT2D eigenvalue weighted by atomic mass is 10.2. The topological polar surface area (TPSA) is 63.5 Å². The van der Waals surface area contributed by atoms with Crippen LogP contribution in [0, 0.1) is 6.92 Å². The molecule has 0 radical (unpaired) electrons. The molecular formula is C27H33N5O2S. The van der Waals surface area contributed by atoms with E-state index >= 15 is 0 Å². The fourth-order valence-corrected chi connectivity index (χ4v) is 5.07. The minimum Gasteiger partial charge on any atom is -0.486 e. The number of rotatable bonds is 10. The Labute approximate surface area is 211 Å². The Kier molecular flexibility index (Phi) is 8.60. The zero-order valence-corrected chi connectivity index (χ0v) is 21.3. The monoisotopic (exact) mass is 491 g/mol. The molecule has 1 fully saturated rings. The first kappa shape index (κ1) is 25.0. The second-order valence-corrected chi connectivity index (χ2v) is 10.1. The first-order valence-corrected chi connectivity index (χ1v) is 12.9. The number of carbonyl (C=O) groups is 1. The summed E-state index contributed by atoms with van der Waals surface area (Å²) < 4.78 is 7.89. The van der Waals surface area contributed by atoms with Gasteiger partial charge in [-0.15, -0.1) is 16.8 Å². The number of nitrogens with zero attached hydrogens (tertiary/aromatic N) is 5. The Balaban J connectivity index is 1.32. The summed E-state index contributed by atoms with van der Waals surface area (Å²) in [5.74, 6) is 1.64. The Morgan fingerprint density at radius 2 is 1.89 bits per heavy atom. The van der Waals surface area contributed by atoms with E-state index < -0.39 is 0 Å². The van der Waals surface area contributed by atoms with Crippen LogP contribution in [0.15, 0.2) is 72.4 Å². The van der Waals surface area contributed by atoms with Crippen molar-refractivity contribution in [2.45, 2.75) is 44.0 Å². The van der Waals surface area contributed by atoms with E-state index in [2.05, 4.69) is 45.9 Å². The van der Waals surface area contributed by atoms with Gasteiger partial charge in [-0.25, -0.2) is 0 Å². The number of hydrogen-bond acceptors (Lipinski definition) is 6. The minimum atomic E-state index is -0.256. The largest absolute Gasteiger partial charge is 0.486 e. The predicted octanol–water partition coefficient (Wildman–Crippen LogP) is 4.18. The molecule has 8 heteroatoms. The molecule has 1 atom stereocenters. The molecule has 184 valence electrons. The van der Waals surface area contributed by atoms with E-state index in [1.165, 1.54) is 17.3 Å². The highest BCUT2D eigenvalue weighted by molar-refractivity contribution is 8.00. The van der Waals surface area contributed by atoms with Gasteiger partial charge in [0.25, 0.3) is 0 Å². The van der Waals surface area contributed by atoms with Crippen LogP contribution in [0.5, 0.6) is 5.75 Å². The Morgan fingerprint density at radius 1 is 1.11 bits per heavy atom. The molecule has 3 aromatic rings. The summed E-state index contributed by atoms with van der Waals surface area (Å²) in [4.78, 5) is 17.5. The molecule has 2 heterocycles. The van der Waals surface area contributed by atoms with Crippen molar-refractivity contribution in [3.05, 3.63) is 84.2 Å². The lowest BCUT2D eigenvalue weighted by Crippen LogP contribution is -2.50. The number of aromatic nitrogens is 3. The maximum Gasteiger partial charge on any atom is 0.235 e. The molecule has 35 heavy (non-hydrogen) atoms. The van der Waals surface area contributed by atoms with E-state index in [0.717, 1.165) is 44.0 Å². The summed E-state index contributed by atoms with van der Waals surface area (Å²) in [5.41, 5.74) is 2.44. The molecule has 0 spiro atoms. The number of hydrogen-bond donors (Lipinski definition) is 0. The van der Waals surface area contributed by atoms with Gasteiger partial charge in [-0.05, 0) is 37.1 Å². The fraction of sp³-hybridized carbons (Fsp3) is 0.370. The van der Waals surface area contributed by atoms with E-state index in [-0.39, 0.29) is 11.2 Å². The molecule has 1 aromatic heterocycles. The van der Waals surface area contributed by atoms with Crippen molar-refractivity contribution in [3.8, 4) is 5.75 Å². The van der Waals surface area contributed by atoms with Gasteiger partial charge in [-0.1, -0.05) is 60.3 Å². The number of carbonyl (C=O) groups excluding carboxylic acids is 1. The second-order valence-electron chi connectivity index (χ2n) is 8.75. The summed E-state index contributed by atoms with van der Waals surface area (Å²) in [6, 6.07) is 18.4. The van der Waals surface area contributed by atoms with Gasteiger partial charge >= 0.3 is 0 Å². The van der Waals surface area contributed by atoms with Crippen molar-refractivity contribution in [2.24, 2.45) is 0 Å². The molecule has 1 amide bonds. The third-order valence-electron chi connectivity index (χ3n) is 6.03. The van der Waals surface area contributed by atoms with E-state index in [1.54, 1.807) is 0 Å². The first-order valence-electron chi connectivity index (χ1n) is 12.0. The summed E-state index contributed by atoms with van der Waals surface area (Å²) in [7, 11) is 0. The molecule has 1 aliphatic heterocycles. The average Bonchev–Trinajstić information content (AvgIpc) is 3.24. The van der Waals surface area contributed by atoms with Crippen molar-refractivity contribution >= 4 is 17.7 Å². The number of aryl methyl sites for hydroxylation is 1. The maximum absolute atomic E-state index is 13.2. The van der Waals surface area contributed by atoms with E-state index in [9.17, 15) is 4.79 Å². The van der Waals surface area contributed by atoms with Gasteiger partial charge in [-0.3, -0.25) is 14.3 Å². The van der Waals surface area contributed by atoms with Crippen molar-refractivity contribution in [1.82, 2.24) is 24.6 Å². The number of ether oxygens (including phenoxy) is 1. The van der Waals surface area contributed by atoms with E-state index in [4.69, 9.17) is 4.74 Å². The number of allylic oxidation sites excluding steroid dienone is 1. The van der Waals surface area contributed by atoms with Crippen LogP contribution in [0.4, 0.5) is 0 Å². The Hall–Kier alpha value is -3.10. The molecule has 0 saturated carbocycles. The van der Waals surface area contributed by atoms with Crippen LogP contribution in [0.2, 0.25) is 0 Å². The molecule has 1 unspecified atom stereocenters. The first-order chi connectivity index (χ1) is 17.0. The van der Waals surface area contributed by atoms with Crippen LogP contribution >= 0.6 is 11.8 Å². The lowest BCUT2D eigenvalue weighted by molar-refractivity contribution is -0.132. The molecule has 0 bridgehead atoms. The van der Waals surface area contributed by atoms with E-state index in [0.29, 0.717) is 24.1 Å². The van der Waals surface area contributed by atoms with Crippen LogP contribution < -0.4 is 4.74 Å². The summed E-state index contributed by atoms with van der Waals surface area (Å²) in [6.45, 7) is 12.9. The molecule has 0 N–H and O–H groups in total. The lowest BCUT2D eigenvalue weighted by Gasteiger charge is -2.35. The molecule has 2 aromatic carbocycles. The fourth-order valence-electron chi connectivity index (χ4n) is 4.11. The van der Waals surface area contributed by atoms with Crippen LogP contribution in [0.25, 0.3) is 0 Å². The molecule has 4 rings (SSSR count). The van der Waals surface area contributed by atoms with Crippen molar-refractivity contribution < 1.29 is 9.53 Å². The van der Waals surface area contributed by atoms with Crippen molar-refractivity contribution in [3.63, 3.8) is 0 Å².